The number of hydrogen-bond acceptors (Lipinski definition) is 9. The smallest absolute Gasteiger partial charge is 0.231 e. The molecule has 2 aliphatic rings. The highest BCUT2D eigenvalue weighted by Crippen LogP contribution is 2.47. The summed E-state index contributed by atoms with van der Waals surface area (Å²) in [6.07, 6.45) is 0.533. The van der Waals surface area contributed by atoms with Crippen LogP contribution >= 0.6 is 11.3 Å². The first-order chi connectivity index (χ1) is 19.5. The summed E-state index contributed by atoms with van der Waals surface area (Å²) in [5.74, 6) is 1.42. The Morgan fingerprint density at radius 1 is 1.00 bits per heavy atom. The molecule has 2 aliphatic heterocycles. The number of amides is 2. The molecular weight excluding hydrogens is 534 g/mol. The topological polar surface area (TPSA) is 108 Å². The van der Waals surface area contributed by atoms with Crippen molar-refractivity contribution in [1.82, 2.24) is 4.98 Å². The number of nitrogens with one attached hydrogen (secondary N) is 1. The van der Waals surface area contributed by atoms with Gasteiger partial charge in [-0.15, -0.1) is 0 Å². The van der Waals surface area contributed by atoms with Crippen molar-refractivity contribution < 1.29 is 33.3 Å². The Morgan fingerprint density at radius 3 is 2.48 bits per heavy atom. The Hall–Kier alpha value is -4.51. The van der Waals surface area contributed by atoms with E-state index >= 15 is 0 Å². The third-order valence-corrected chi connectivity index (χ3v) is 8.07. The minimum absolute atomic E-state index is 0.107. The van der Waals surface area contributed by atoms with Gasteiger partial charge < -0.3 is 33.9 Å². The van der Waals surface area contributed by atoms with Crippen molar-refractivity contribution in [2.45, 2.75) is 18.9 Å². The van der Waals surface area contributed by atoms with Crippen LogP contribution in [-0.4, -0.2) is 44.9 Å². The lowest BCUT2D eigenvalue weighted by molar-refractivity contribution is -0.125. The summed E-state index contributed by atoms with van der Waals surface area (Å²) in [4.78, 5) is 33.7. The fraction of sp³-hybridized carbons (Fsp3) is 0.276. The molecule has 40 heavy (non-hydrogen) atoms. The van der Waals surface area contributed by atoms with Crippen LogP contribution in [0.1, 0.15) is 24.4 Å². The highest BCUT2D eigenvalue weighted by molar-refractivity contribution is 7.22. The molecule has 0 unspecified atom stereocenters. The number of hydrogen-bond donors (Lipinski definition) is 1. The van der Waals surface area contributed by atoms with Gasteiger partial charge in [0.15, 0.2) is 28.1 Å². The first-order valence-electron chi connectivity index (χ1n) is 12.7. The molecule has 1 N–H and O–H groups in total. The maximum absolute atomic E-state index is 13.9. The van der Waals surface area contributed by atoms with Crippen LogP contribution in [0.15, 0.2) is 54.6 Å². The zero-order chi connectivity index (χ0) is 27.8. The minimum Gasteiger partial charge on any atom is -0.493 e. The zero-order valence-electron chi connectivity index (χ0n) is 22.1. The van der Waals surface area contributed by atoms with Gasteiger partial charge in [0.1, 0.15) is 0 Å². The molecule has 1 fully saturated rings. The summed E-state index contributed by atoms with van der Waals surface area (Å²) in [6.45, 7) is 0.107. The van der Waals surface area contributed by atoms with Gasteiger partial charge in [0.2, 0.25) is 24.4 Å². The van der Waals surface area contributed by atoms with Crippen LogP contribution in [0.3, 0.4) is 0 Å². The highest BCUT2D eigenvalue weighted by Gasteiger charge is 2.43. The fourth-order valence-corrected chi connectivity index (χ4v) is 6.15. The Balaban J connectivity index is 1.45. The number of carbonyl (C=O) groups is 2. The molecule has 4 aromatic rings. The van der Waals surface area contributed by atoms with Crippen molar-refractivity contribution in [3.63, 3.8) is 0 Å². The van der Waals surface area contributed by atoms with Crippen molar-refractivity contribution in [2.75, 3.05) is 38.3 Å². The van der Waals surface area contributed by atoms with E-state index in [1.165, 1.54) is 32.7 Å². The Labute approximate surface area is 234 Å². The Morgan fingerprint density at radius 2 is 1.75 bits per heavy atom. The molecule has 0 aliphatic carbocycles. The number of aromatic nitrogens is 1. The molecule has 3 aromatic carbocycles. The maximum atomic E-state index is 13.9. The first-order valence-corrected chi connectivity index (χ1v) is 13.5. The number of benzene rings is 3. The Bertz CT molecular complexity index is 1550. The summed E-state index contributed by atoms with van der Waals surface area (Å²) in [6, 6.07) is 15.9. The fourth-order valence-electron chi connectivity index (χ4n) is 5.28. The molecule has 2 amide bonds. The van der Waals surface area contributed by atoms with E-state index in [9.17, 15) is 9.59 Å². The molecule has 0 spiro atoms. The summed E-state index contributed by atoms with van der Waals surface area (Å²) < 4.78 is 28.8. The third-order valence-electron chi connectivity index (χ3n) is 7.12. The van der Waals surface area contributed by atoms with Crippen LogP contribution in [0.2, 0.25) is 0 Å². The van der Waals surface area contributed by atoms with Gasteiger partial charge in [-0.3, -0.25) is 9.59 Å². The van der Waals surface area contributed by atoms with E-state index < -0.39 is 12.0 Å². The van der Waals surface area contributed by atoms with Gasteiger partial charge in [-0.2, -0.15) is 0 Å². The summed E-state index contributed by atoms with van der Waals surface area (Å²) >= 11 is 1.40. The van der Waals surface area contributed by atoms with Crippen LogP contribution in [0.4, 0.5) is 10.8 Å². The van der Waals surface area contributed by atoms with Gasteiger partial charge in [-0.05, 0) is 48.4 Å². The van der Waals surface area contributed by atoms with E-state index in [1.54, 1.807) is 35.2 Å². The standard InChI is InChI=1S/C29H27N3O7S/c1-35-22-12-16(13-23(36-2)27(22)37-3)26-18(28(34)31-29-30-19-6-4-5-7-24(19)40-29)9-11-25(33)32(26)17-8-10-20-21(14-17)39-15-38-20/h4-8,10,12-14,18,26H,9,11,15H2,1-3H3,(H,30,31,34)/t18-,26-/m0/s1. The van der Waals surface area contributed by atoms with Crippen molar-refractivity contribution >= 4 is 44.2 Å². The third kappa shape index (κ3) is 4.51. The molecule has 10 nitrogen and oxygen atoms in total. The second-order valence-corrected chi connectivity index (χ2v) is 10.4. The van der Waals surface area contributed by atoms with E-state index in [-0.39, 0.29) is 25.0 Å². The number of thiazole rings is 1. The van der Waals surface area contributed by atoms with E-state index in [0.717, 1.165) is 10.2 Å². The van der Waals surface area contributed by atoms with E-state index in [2.05, 4.69) is 10.3 Å². The molecule has 0 saturated carbocycles. The largest absolute Gasteiger partial charge is 0.493 e. The number of ether oxygens (including phenoxy) is 5. The van der Waals surface area contributed by atoms with Crippen LogP contribution in [0, 0.1) is 5.92 Å². The van der Waals surface area contributed by atoms with Gasteiger partial charge in [0.05, 0.1) is 43.5 Å². The number of carbonyl (C=O) groups excluding carboxylic acids is 2. The average Bonchev–Trinajstić information content (AvgIpc) is 3.62. The van der Waals surface area contributed by atoms with E-state index in [0.29, 0.717) is 51.6 Å². The molecule has 0 bridgehead atoms. The number of rotatable bonds is 7. The number of para-hydroxylation sites is 1. The van der Waals surface area contributed by atoms with Gasteiger partial charge in [0, 0.05) is 18.2 Å². The average molecular weight is 562 g/mol. The SMILES string of the molecule is COc1cc([C@H]2[C@@H](C(=O)Nc3nc4ccccc4s3)CCC(=O)N2c2ccc3c(c2)OCO3)cc(OC)c1OC. The molecule has 3 heterocycles. The molecule has 1 aromatic heterocycles. The molecule has 2 atom stereocenters. The highest BCUT2D eigenvalue weighted by atomic mass is 32.1. The van der Waals surface area contributed by atoms with Crippen molar-refractivity contribution in [1.29, 1.82) is 0 Å². The van der Waals surface area contributed by atoms with E-state index in [4.69, 9.17) is 23.7 Å². The van der Waals surface area contributed by atoms with Gasteiger partial charge >= 0.3 is 0 Å². The predicted octanol–water partition coefficient (Wildman–Crippen LogP) is 5.17. The molecular formula is C29H27N3O7S. The molecule has 11 heteroatoms. The maximum Gasteiger partial charge on any atom is 0.231 e. The Kier molecular flexibility index (Phi) is 6.81. The second-order valence-electron chi connectivity index (χ2n) is 9.33. The monoisotopic (exact) mass is 561 g/mol. The summed E-state index contributed by atoms with van der Waals surface area (Å²) in [5, 5.41) is 3.51. The lowest BCUT2D eigenvalue weighted by atomic mass is 9.83. The van der Waals surface area contributed by atoms with Crippen LogP contribution in [0.5, 0.6) is 28.7 Å². The normalized spacial score (nSPS) is 18.1. The zero-order valence-corrected chi connectivity index (χ0v) is 22.9. The number of fused-ring (bicyclic) bond motifs is 2. The molecule has 1 saturated heterocycles. The van der Waals surface area contributed by atoms with Crippen molar-refractivity contribution in [2.24, 2.45) is 5.92 Å². The van der Waals surface area contributed by atoms with Crippen molar-refractivity contribution in [3.05, 3.63) is 60.2 Å². The van der Waals surface area contributed by atoms with Gasteiger partial charge in [-0.25, -0.2) is 4.98 Å². The summed E-state index contributed by atoms with van der Waals surface area (Å²) in [7, 11) is 4.58. The number of methoxy groups -OCH3 is 3. The summed E-state index contributed by atoms with van der Waals surface area (Å²) in [5.41, 5.74) is 2.06. The lowest BCUT2D eigenvalue weighted by Gasteiger charge is -2.41. The van der Waals surface area contributed by atoms with Crippen LogP contribution in [0.25, 0.3) is 10.2 Å². The van der Waals surface area contributed by atoms with Crippen molar-refractivity contribution in [3.8, 4) is 28.7 Å². The molecule has 0 radical (unpaired) electrons. The molecule has 6 rings (SSSR count). The second kappa shape index (κ2) is 10.6. The van der Waals surface area contributed by atoms with Gasteiger partial charge in [0.25, 0.3) is 0 Å². The quantitative estimate of drug-likeness (QED) is 0.329. The minimum atomic E-state index is -0.690. The van der Waals surface area contributed by atoms with E-state index in [1.807, 2.05) is 24.3 Å². The van der Waals surface area contributed by atoms with Crippen LogP contribution < -0.4 is 33.9 Å². The number of piperidine rings is 1. The number of anilines is 2. The first kappa shape index (κ1) is 25.8. The molecule has 206 valence electrons. The van der Waals surface area contributed by atoms with Gasteiger partial charge in [-0.1, -0.05) is 23.5 Å². The van der Waals surface area contributed by atoms with Crippen LogP contribution in [-0.2, 0) is 9.59 Å². The predicted molar refractivity (Wildman–Crippen MR) is 150 cm³/mol. The lowest BCUT2D eigenvalue weighted by Crippen LogP contribution is -2.47. The number of nitrogens with zero attached hydrogens (tertiary/aromatic N) is 2.